The first-order valence-corrected chi connectivity index (χ1v) is 6.01. The van der Waals surface area contributed by atoms with Gasteiger partial charge >= 0.3 is 0 Å². The van der Waals surface area contributed by atoms with Crippen LogP contribution in [-0.4, -0.2) is 10.4 Å². The fraction of sp³-hybridized carbons (Fsp3) is 0.615. The monoisotopic (exact) mass is 205 g/mol. The fourth-order valence-corrected chi connectivity index (χ4v) is 1.85. The summed E-state index contributed by atoms with van der Waals surface area (Å²) in [6, 6.07) is 1.96. The van der Waals surface area contributed by atoms with Crippen LogP contribution in [0.2, 0.25) is 0 Å². The maximum atomic E-state index is 11.7. The van der Waals surface area contributed by atoms with E-state index in [-0.39, 0.29) is 0 Å². The molecule has 82 valence electrons. The van der Waals surface area contributed by atoms with Gasteiger partial charge in [-0.05, 0) is 25.3 Å². The molecule has 2 rings (SSSR count). The minimum Gasteiger partial charge on any atom is -0.354 e. The van der Waals surface area contributed by atoms with Gasteiger partial charge < -0.3 is 4.57 Å². The first-order valence-electron chi connectivity index (χ1n) is 6.01. The highest BCUT2D eigenvalue weighted by Gasteiger charge is 2.30. The van der Waals surface area contributed by atoms with Gasteiger partial charge in [0.25, 0.3) is 0 Å². The van der Waals surface area contributed by atoms with E-state index in [2.05, 4.69) is 11.5 Å². The van der Waals surface area contributed by atoms with E-state index >= 15 is 0 Å². The molecule has 1 saturated carbocycles. The number of aromatic nitrogens is 1. The number of ketones is 1. The van der Waals surface area contributed by atoms with Crippen LogP contribution in [0.4, 0.5) is 0 Å². The highest BCUT2D eigenvalue weighted by Crippen LogP contribution is 2.32. The largest absolute Gasteiger partial charge is 0.354 e. The van der Waals surface area contributed by atoms with E-state index in [4.69, 9.17) is 0 Å². The van der Waals surface area contributed by atoms with Crippen molar-refractivity contribution in [2.24, 2.45) is 5.92 Å². The van der Waals surface area contributed by atoms with Crippen molar-refractivity contribution in [3.8, 4) is 0 Å². The Kier molecular flexibility index (Phi) is 3.24. The number of carbonyl (C=O) groups excluding carboxylic acids is 1. The van der Waals surface area contributed by atoms with Crippen LogP contribution in [0, 0.1) is 5.92 Å². The molecule has 0 aromatic carbocycles. The lowest BCUT2D eigenvalue weighted by molar-refractivity contribution is 0.0967. The van der Waals surface area contributed by atoms with E-state index in [1.807, 2.05) is 18.5 Å². The molecule has 0 radical (unpaired) electrons. The molecule has 1 aromatic rings. The van der Waals surface area contributed by atoms with Crippen molar-refractivity contribution >= 4 is 5.78 Å². The second kappa shape index (κ2) is 4.65. The smallest absolute Gasteiger partial charge is 0.167 e. The van der Waals surface area contributed by atoms with Crippen molar-refractivity contribution in [3.05, 3.63) is 24.0 Å². The molecule has 0 unspecified atom stereocenters. The molecule has 2 heteroatoms. The molecule has 0 saturated heterocycles. The zero-order valence-electron chi connectivity index (χ0n) is 9.41. The van der Waals surface area contributed by atoms with Crippen molar-refractivity contribution in [2.75, 3.05) is 0 Å². The number of aryl methyl sites for hydroxylation is 1. The Hall–Kier alpha value is -1.05. The summed E-state index contributed by atoms with van der Waals surface area (Å²) in [5.41, 5.74) is 0.911. The Labute approximate surface area is 91.3 Å². The number of unbranched alkanes of at least 4 members (excludes halogenated alkanes) is 2. The standard InChI is InChI=1S/C13H19NO/c1-2-3-4-8-14-9-7-12(10-14)13(15)11-5-6-11/h7,9-11H,2-6,8H2,1H3. The van der Waals surface area contributed by atoms with Crippen molar-refractivity contribution < 1.29 is 4.79 Å². The summed E-state index contributed by atoms with van der Waals surface area (Å²) in [4.78, 5) is 11.7. The normalized spacial score (nSPS) is 15.5. The Bertz CT molecular complexity index is 336. The highest BCUT2D eigenvalue weighted by atomic mass is 16.1. The lowest BCUT2D eigenvalue weighted by Crippen LogP contribution is -2.00. The van der Waals surface area contributed by atoms with Gasteiger partial charge in [-0.1, -0.05) is 19.8 Å². The molecule has 1 fully saturated rings. The average Bonchev–Trinajstić information content (AvgIpc) is 2.98. The van der Waals surface area contributed by atoms with Crippen molar-refractivity contribution in [1.29, 1.82) is 0 Å². The van der Waals surface area contributed by atoms with Gasteiger partial charge in [0, 0.05) is 30.4 Å². The number of rotatable bonds is 6. The molecule has 1 aliphatic rings. The summed E-state index contributed by atoms with van der Waals surface area (Å²) in [7, 11) is 0. The van der Waals surface area contributed by atoms with Crippen LogP contribution < -0.4 is 0 Å². The topological polar surface area (TPSA) is 22.0 Å². The second-order valence-electron chi connectivity index (χ2n) is 4.48. The van der Waals surface area contributed by atoms with E-state index < -0.39 is 0 Å². The van der Waals surface area contributed by atoms with Gasteiger partial charge in [-0.2, -0.15) is 0 Å². The Balaban J connectivity index is 1.88. The predicted molar refractivity (Wildman–Crippen MR) is 61.0 cm³/mol. The number of Topliss-reactive ketones (excluding diaryl/α,β-unsaturated/α-hetero) is 1. The third kappa shape index (κ3) is 2.71. The molecule has 0 aliphatic heterocycles. The lowest BCUT2D eigenvalue weighted by Gasteiger charge is -2.00. The molecule has 0 atom stereocenters. The maximum absolute atomic E-state index is 11.7. The van der Waals surface area contributed by atoms with Gasteiger partial charge in [-0.15, -0.1) is 0 Å². The van der Waals surface area contributed by atoms with Crippen LogP contribution >= 0.6 is 0 Å². The van der Waals surface area contributed by atoms with Crippen LogP contribution in [0.1, 0.15) is 49.4 Å². The van der Waals surface area contributed by atoms with E-state index in [0.29, 0.717) is 11.7 Å². The average molecular weight is 205 g/mol. The van der Waals surface area contributed by atoms with E-state index in [9.17, 15) is 4.79 Å². The lowest BCUT2D eigenvalue weighted by atomic mass is 10.1. The van der Waals surface area contributed by atoms with Gasteiger partial charge in [0.2, 0.25) is 0 Å². The fourth-order valence-electron chi connectivity index (χ4n) is 1.85. The molecule has 0 amide bonds. The molecule has 0 N–H and O–H groups in total. The maximum Gasteiger partial charge on any atom is 0.167 e. The van der Waals surface area contributed by atoms with Crippen LogP contribution in [-0.2, 0) is 6.54 Å². The predicted octanol–water partition coefficient (Wildman–Crippen LogP) is 3.27. The summed E-state index contributed by atoms with van der Waals surface area (Å²) in [5, 5.41) is 0. The van der Waals surface area contributed by atoms with Crippen LogP contribution in [0.15, 0.2) is 18.5 Å². The third-order valence-corrected chi connectivity index (χ3v) is 3.00. The Morgan fingerprint density at radius 1 is 1.47 bits per heavy atom. The summed E-state index contributed by atoms with van der Waals surface area (Å²) in [6.45, 7) is 3.25. The number of carbonyl (C=O) groups is 1. The summed E-state index contributed by atoms with van der Waals surface area (Å²) < 4.78 is 2.14. The minimum absolute atomic E-state index is 0.344. The molecule has 1 aromatic heterocycles. The Morgan fingerprint density at radius 3 is 2.93 bits per heavy atom. The number of hydrogen-bond donors (Lipinski definition) is 0. The first kappa shape index (κ1) is 10.5. The Morgan fingerprint density at radius 2 is 2.27 bits per heavy atom. The van der Waals surface area contributed by atoms with E-state index in [1.165, 1.54) is 19.3 Å². The highest BCUT2D eigenvalue weighted by molar-refractivity contribution is 5.99. The van der Waals surface area contributed by atoms with E-state index in [0.717, 1.165) is 24.9 Å². The van der Waals surface area contributed by atoms with Gasteiger partial charge in [0.1, 0.15) is 0 Å². The molecule has 15 heavy (non-hydrogen) atoms. The van der Waals surface area contributed by atoms with Crippen molar-refractivity contribution in [1.82, 2.24) is 4.57 Å². The van der Waals surface area contributed by atoms with Gasteiger partial charge in [0.15, 0.2) is 5.78 Å². The summed E-state index contributed by atoms with van der Waals surface area (Å²) in [5.74, 6) is 0.695. The van der Waals surface area contributed by atoms with Gasteiger partial charge in [0.05, 0.1) is 0 Å². The molecule has 0 spiro atoms. The molecule has 2 nitrogen and oxygen atoms in total. The molecule has 1 heterocycles. The summed E-state index contributed by atoms with van der Waals surface area (Å²) in [6.07, 6.45) is 9.96. The van der Waals surface area contributed by atoms with E-state index in [1.54, 1.807) is 0 Å². The SMILES string of the molecule is CCCCCn1ccc(C(=O)C2CC2)c1. The molecular formula is C13H19NO. The van der Waals surface area contributed by atoms with Gasteiger partial charge in [-0.3, -0.25) is 4.79 Å². The van der Waals surface area contributed by atoms with Crippen LogP contribution in [0.3, 0.4) is 0 Å². The van der Waals surface area contributed by atoms with Crippen molar-refractivity contribution in [2.45, 2.75) is 45.6 Å². The third-order valence-electron chi connectivity index (χ3n) is 3.00. The molecular weight excluding hydrogens is 186 g/mol. The molecule has 0 bridgehead atoms. The second-order valence-corrected chi connectivity index (χ2v) is 4.48. The molecule has 1 aliphatic carbocycles. The summed E-state index contributed by atoms with van der Waals surface area (Å²) >= 11 is 0. The van der Waals surface area contributed by atoms with Crippen LogP contribution in [0.25, 0.3) is 0 Å². The minimum atomic E-state index is 0.344. The zero-order chi connectivity index (χ0) is 10.7. The van der Waals surface area contributed by atoms with Gasteiger partial charge in [-0.25, -0.2) is 0 Å². The van der Waals surface area contributed by atoms with Crippen molar-refractivity contribution in [3.63, 3.8) is 0 Å². The zero-order valence-corrected chi connectivity index (χ0v) is 9.41. The number of nitrogens with zero attached hydrogens (tertiary/aromatic N) is 1. The first-order chi connectivity index (χ1) is 7.31. The quantitative estimate of drug-likeness (QED) is 0.516. The number of hydrogen-bond acceptors (Lipinski definition) is 1. The van der Waals surface area contributed by atoms with Crippen LogP contribution in [0.5, 0.6) is 0 Å².